The van der Waals surface area contributed by atoms with Crippen molar-refractivity contribution in [2.24, 2.45) is 0 Å². The number of amides is 1. The van der Waals surface area contributed by atoms with Crippen LogP contribution in [0.3, 0.4) is 0 Å². The van der Waals surface area contributed by atoms with Crippen LogP contribution in [0.2, 0.25) is 0 Å². The Morgan fingerprint density at radius 3 is 2.74 bits per heavy atom. The van der Waals surface area contributed by atoms with E-state index in [1.54, 1.807) is 30.5 Å². The highest BCUT2D eigenvalue weighted by Crippen LogP contribution is 2.31. The van der Waals surface area contributed by atoms with E-state index in [2.05, 4.69) is 15.5 Å². The van der Waals surface area contributed by atoms with Crippen molar-refractivity contribution in [1.82, 2.24) is 20.5 Å². The molecular formula is C24H23FN4O2. The molecule has 0 fully saturated rings. The Hall–Kier alpha value is -3.74. The molecule has 4 rings (SSSR count). The molecule has 2 heterocycles. The van der Waals surface area contributed by atoms with Crippen LogP contribution in [0.25, 0.3) is 22.2 Å². The maximum Gasteiger partial charge on any atom is 0.251 e. The summed E-state index contributed by atoms with van der Waals surface area (Å²) < 4.78 is 19.1. The number of carbonyl (C=O) groups is 1. The van der Waals surface area contributed by atoms with Crippen molar-refractivity contribution in [3.8, 4) is 17.0 Å². The van der Waals surface area contributed by atoms with Gasteiger partial charge in [-0.15, -0.1) is 0 Å². The van der Waals surface area contributed by atoms with E-state index in [-0.39, 0.29) is 11.7 Å². The van der Waals surface area contributed by atoms with Crippen molar-refractivity contribution in [3.05, 3.63) is 77.9 Å². The zero-order chi connectivity index (χ0) is 21.6. The number of aromatic amines is 1. The first-order valence-corrected chi connectivity index (χ1v) is 10.2. The van der Waals surface area contributed by atoms with Crippen LogP contribution in [0.4, 0.5) is 4.39 Å². The molecule has 2 N–H and O–H groups in total. The van der Waals surface area contributed by atoms with E-state index in [0.29, 0.717) is 35.7 Å². The lowest BCUT2D eigenvalue weighted by molar-refractivity contribution is 0.0953. The molecule has 4 aromatic rings. The number of benzene rings is 2. The Morgan fingerprint density at radius 1 is 1.16 bits per heavy atom. The first kappa shape index (κ1) is 20.5. The monoisotopic (exact) mass is 418 g/mol. The lowest BCUT2D eigenvalue weighted by atomic mass is 10.1. The number of hydrogen-bond acceptors (Lipinski definition) is 4. The molecule has 0 spiro atoms. The Labute approximate surface area is 179 Å². The summed E-state index contributed by atoms with van der Waals surface area (Å²) in [7, 11) is 0. The summed E-state index contributed by atoms with van der Waals surface area (Å²) in [5, 5.41) is 10.5. The maximum atomic E-state index is 13.3. The molecule has 31 heavy (non-hydrogen) atoms. The molecule has 0 aliphatic carbocycles. The lowest BCUT2D eigenvalue weighted by Crippen LogP contribution is -2.24. The Kier molecular flexibility index (Phi) is 6.21. The zero-order valence-electron chi connectivity index (χ0n) is 17.2. The summed E-state index contributed by atoms with van der Waals surface area (Å²) in [6.07, 6.45) is 5.30. The van der Waals surface area contributed by atoms with Crippen molar-refractivity contribution in [2.75, 3.05) is 13.2 Å². The third-order valence-corrected chi connectivity index (χ3v) is 4.96. The van der Waals surface area contributed by atoms with Crippen molar-refractivity contribution >= 4 is 16.8 Å². The van der Waals surface area contributed by atoms with Gasteiger partial charge in [0.15, 0.2) is 0 Å². The van der Waals surface area contributed by atoms with Crippen LogP contribution in [0.5, 0.6) is 5.75 Å². The van der Waals surface area contributed by atoms with Gasteiger partial charge in [-0.1, -0.05) is 0 Å². The van der Waals surface area contributed by atoms with Crippen molar-refractivity contribution in [3.63, 3.8) is 0 Å². The Morgan fingerprint density at radius 2 is 2.00 bits per heavy atom. The normalized spacial score (nSPS) is 10.9. The van der Waals surface area contributed by atoms with E-state index < -0.39 is 0 Å². The molecule has 0 atom stereocenters. The smallest absolute Gasteiger partial charge is 0.251 e. The maximum absolute atomic E-state index is 13.3. The van der Waals surface area contributed by atoms with Gasteiger partial charge in [-0.2, -0.15) is 5.10 Å². The average Bonchev–Trinajstić information content (AvgIpc) is 3.30. The van der Waals surface area contributed by atoms with Gasteiger partial charge in [0, 0.05) is 35.3 Å². The molecular weight excluding hydrogens is 395 g/mol. The van der Waals surface area contributed by atoms with Crippen molar-refractivity contribution in [1.29, 1.82) is 0 Å². The largest absolute Gasteiger partial charge is 0.493 e. The molecule has 158 valence electrons. The number of ether oxygens (including phenoxy) is 1. The first-order chi connectivity index (χ1) is 15.1. The number of fused-ring (bicyclic) bond motifs is 1. The Balaban J connectivity index is 1.56. The SMILES string of the molecule is CCOc1cc(-c2ccc(F)cc2)nc2cc(C(=O)NCCCc3cn[nH]c3)ccc12. The third kappa shape index (κ3) is 4.88. The predicted octanol–water partition coefficient (Wildman–Crippen LogP) is 4.53. The van der Waals surface area contributed by atoms with Gasteiger partial charge >= 0.3 is 0 Å². The standard InChI is InChI=1S/C24H23FN4O2/c1-2-31-23-13-21(17-5-8-19(25)9-6-17)29-22-12-18(7-10-20(22)23)24(30)26-11-3-4-16-14-27-28-15-16/h5-10,12-15H,2-4,11H2,1H3,(H,26,30)(H,27,28). The molecule has 2 aromatic heterocycles. The first-order valence-electron chi connectivity index (χ1n) is 10.2. The fourth-order valence-electron chi connectivity index (χ4n) is 3.39. The molecule has 0 radical (unpaired) electrons. The van der Waals surface area contributed by atoms with Gasteiger partial charge in [-0.25, -0.2) is 9.37 Å². The fraction of sp³-hybridized carbons (Fsp3) is 0.208. The quantitative estimate of drug-likeness (QED) is 0.412. The highest BCUT2D eigenvalue weighted by atomic mass is 19.1. The van der Waals surface area contributed by atoms with E-state index in [1.807, 2.05) is 25.3 Å². The summed E-state index contributed by atoms with van der Waals surface area (Å²) in [4.78, 5) is 17.3. The van der Waals surface area contributed by atoms with Crippen LogP contribution < -0.4 is 10.1 Å². The fourth-order valence-corrected chi connectivity index (χ4v) is 3.39. The number of rotatable bonds is 8. The number of halogens is 1. The topological polar surface area (TPSA) is 79.9 Å². The molecule has 0 saturated heterocycles. The second-order valence-electron chi connectivity index (χ2n) is 7.14. The van der Waals surface area contributed by atoms with Crippen LogP contribution in [0.1, 0.15) is 29.3 Å². The van der Waals surface area contributed by atoms with E-state index in [9.17, 15) is 9.18 Å². The highest BCUT2D eigenvalue weighted by molar-refractivity contribution is 5.99. The minimum absolute atomic E-state index is 0.152. The molecule has 0 unspecified atom stereocenters. The molecule has 0 saturated carbocycles. The van der Waals surface area contributed by atoms with Gasteiger partial charge in [0.25, 0.3) is 5.91 Å². The van der Waals surface area contributed by atoms with Gasteiger partial charge in [0.1, 0.15) is 11.6 Å². The Bertz CT molecular complexity index is 1170. The predicted molar refractivity (Wildman–Crippen MR) is 118 cm³/mol. The minimum atomic E-state index is -0.304. The summed E-state index contributed by atoms with van der Waals surface area (Å²) in [6, 6.07) is 13.4. The van der Waals surface area contributed by atoms with E-state index in [4.69, 9.17) is 9.72 Å². The summed E-state index contributed by atoms with van der Waals surface area (Å²) >= 11 is 0. The second-order valence-corrected chi connectivity index (χ2v) is 7.14. The van der Waals surface area contributed by atoms with E-state index in [1.165, 1.54) is 12.1 Å². The number of hydrogen-bond donors (Lipinski definition) is 2. The number of aryl methyl sites for hydroxylation is 1. The summed E-state index contributed by atoms with van der Waals surface area (Å²) in [5.41, 5.74) is 3.73. The lowest BCUT2D eigenvalue weighted by Gasteiger charge is -2.12. The summed E-state index contributed by atoms with van der Waals surface area (Å²) in [6.45, 7) is 2.98. The molecule has 7 heteroatoms. The molecule has 0 aliphatic heterocycles. The van der Waals surface area contributed by atoms with Gasteiger partial charge in [-0.05, 0) is 67.8 Å². The van der Waals surface area contributed by atoms with E-state index in [0.717, 1.165) is 29.4 Å². The molecule has 2 aromatic carbocycles. The number of carbonyl (C=O) groups excluding carboxylic acids is 1. The van der Waals surface area contributed by atoms with Crippen molar-refractivity contribution in [2.45, 2.75) is 19.8 Å². The van der Waals surface area contributed by atoms with Crippen LogP contribution >= 0.6 is 0 Å². The number of aromatic nitrogens is 3. The van der Waals surface area contributed by atoms with Crippen molar-refractivity contribution < 1.29 is 13.9 Å². The zero-order valence-corrected chi connectivity index (χ0v) is 17.2. The van der Waals surface area contributed by atoms with Gasteiger partial charge < -0.3 is 10.1 Å². The van der Waals surface area contributed by atoms with Gasteiger partial charge in [0.2, 0.25) is 0 Å². The third-order valence-electron chi connectivity index (χ3n) is 4.96. The minimum Gasteiger partial charge on any atom is -0.493 e. The van der Waals surface area contributed by atoms with Gasteiger partial charge in [0.05, 0.1) is 24.0 Å². The number of H-pyrrole nitrogens is 1. The van der Waals surface area contributed by atoms with Gasteiger partial charge in [-0.3, -0.25) is 9.89 Å². The second kappa shape index (κ2) is 9.38. The molecule has 0 aliphatic rings. The molecule has 1 amide bonds. The average molecular weight is 418 g/mol. The highest BCUT2D eigenvalue weighted by Gasteiger charge is 2.12. The summed E-state index contributed by atoms with van der Waals surface area (Å²) in [5.74, 6) is 0.223. The van der Waals surface area contributed by atoms with Crippen LogP contribution in [0, 0.1) is 5.82 Å². The molecule has 6 nitrogen and oxygen atoms in total. The van der Waals surface area contributed by atoms with Crippen LogP contribution in [-0.2, 0) is 6.42 Å². The number of nitrogens with zero attached hydrogens (tertiary/aromatic N) is 2. The van der Waals surface area contributed by atoms with Crippen LogP contribution in [0.15, 0.2) is 60.9 Å². The number of pyridine rings is 1. The number of nitrogens with one attached hydrogen (secondary N) is 2. The van der Waals surface area contributed by atoms with E-state index >= 15 is 0 Å². The molecule has 0 bridgehead atoms. The van der Waals surface area contributed by atoms with Crippen LogP contribution in [-0.4, -0.2) is 34.2 Å².